The molecule has 4 rings (SSSR count). The van der Waals surface area contributed by atoms with Crippen molar-refractivity contribution in [2.45, 2.75) is 37.8 Å². The minimum absolute atomic E-state index is 0.0672. The highest BCUT2D eigenvalue weighted by Crippen LogP contribution is 2.29. The van der Waals surface area contributed by atoms with Crippen molar-refractivity contribution in [1.82, 2.24) is 4.90 Å². The second-order valence-electron chi connectivity index (χ2n) is 6.97. The van der Waals surface area contributed by atoms with E-state index in [-0.39, 0.29) is 11.9 Å². The van der Waals surface area contributed by atoms with Crippen molar-refractivity contribution >= 4 is 16.7 Å². The van der Waals surface area contributed by atoms with Gasteiger partial charge in [-0.25, -0.2) is 0 Å². The van der Waals surface area contributed by atoms with Gasteiger partial charge in [-0.1, -0.05) is 42.5 Å². The zero-order valence-corrected chi connectivity index (χ0v) is 14.7. The minimum Gasteiger partial charge on any atom is -0.467 e. The Balaban J connectivity index is 1.48. The van der Waals surface area contributed by atoms with E-state index in [1.807, 2.05) is 29.2 Å². The van der Waals surface area contributed by atoms with Crippen LogP contribution in [0.2, 0.25) is 0 Å². The molecule has 2 unspecified atom stereocenters. The number of benzene rings is 2. The van der Waals surface area contributed by atoms with Crippen molar-refractivity contribution < 1.29 is 14.3 Å². The van der Waals surface area contributed by atoms with Crippen LogP contribution in [-0.2, 0) is 11.2 Å². The Hall–Kier alpha value is -2.59. The van der Waals surface area contributed by atoms with Crippen LogP contribution in [0.4, 0.5) is 0 Å². The molecule has 1 aliphatic rings. The number of hydrogen-bond donors (Lipinski definition) is 1. The van der Waals surface area contributed by atoms with Crippen LogP contribution in [0.3, 0.4) is 0 Å². The van der Waals surface area contributed by atoms with Gasteiger partial charge in [-0.2, -0.15) is 0 Å². The maximum Gasteiger partial charge on any atom is 0.227 e. The smallest absolute Gasteiger partial charge is 0.227 e. The predicted molar refractivity (Wildman–Crippen MR) is 101 cm³/mol. The van der Waals surface area contributed by atoms with Crippen LogP contribution in [0.25, 0.3) is 10.8 Å². The van der Waals surface area contributed by atoms with Crippen LogP contribution in [0, 0.1) is 0 Å². The minimum atomic E-state index is -0.666. The van der Waals surface area contributed by atoms with Crippen LogP contribution in [0.15, 0.2) is 65.3 Å². The molecule has 0 aliphatic carbocycles. The quantitative estimate of drug-likeness (QED) is 0.755. The lowest BCUT2D eigenvalue weighted by Gasteiger charge is -2.26. The number of hydrogen-bond acceptors (Lipinski definition) is 3. The molecule has 2 aromatic carbocycles. The summed E-state index contributed by atoms with van der Waals surface area (Å²) in [6.07, 6.45) is 3.73. The Morgan fingerprint density at radius 1 is 1.15 bits per heavy atom. The lowest BCUT2D eigenvalue weighted by molar-refractivity contribution is -0.131. The summed E-state index contributed by atoms with van der Waals surface area (Å²) >= 11 is 0. The third-order valence-corrected chi connectivity index (χ3v) is 5.29. The number of fused-ring (bicyclic) bond motifs is 1. The van der Waals surface area contributed by atoms with Gasteiger partial charge in [-0.3, -0.25) is 4.79 Å². The first-order valence-electron chi connectivity index (χ1n) is 9.20. The third-order valence-electron chi connectivity index (χ3n) is 5.29. The highest BCUT2D eigenvalue weighted by Gasteiger charge is 2.31. The molecule has 3 aromatic rings. The molecule has 4 heteroatoms. The fourth-order valence-electron chi connectivity index (χ4n) is 3.97. The molecule has 134 valence electrons. The summed E-state index contributed by atoms with van der Waals surface area (Å²) in [6.45, 7) is 0.763. The summed E-state index contributed by atoms with van der Waals surface area (Å²) in [4.78, 5) is 14.9. The normalized spacial score (nSPS) is 18.3. The van der Waals surface area contributed by atoms with Gasteiger partial charge in [0.05, 0.1) is 12.7 Å². The Labute approximate surface area is 153 Å². The standard InChI is InChI=1S/C22H23NO3/c24-20(21-11-5-13-26-21)15-18-9-4-12-23(18)22(25)14-17-8-3-7-16-6-1-2-10-19(16)17/h1-3,5-8,10-11,13,18,20,24H,4,9,12,14-15H2. The number of likely N-dealkylation sites (tertiary alicyclic amines) is 1. The fourth-order valence-corrected chi connectivity index (χ4v) is 3.97. The van der Waals surface area contributed by atoms with E-state index in [0.717, 1.165) is 35.7 Å². The fraction of sp³-hybridized carbons (Fsp3) is 0.318. The van der Waals surface area contributed by atoms with E-state index < -0.39 is 6.10 Å². The molecule has 1 aliphatic heterocycles. The van der Waals surface area contributed by atoms with Crippen LogP contribution in [0.5, 0.6) is 0 Å². The molecule has 26 heavy (non-hydrogen) atoms. The first kappa shape index (κ1) is 16.9. The molecule has 0 spiro atoms. The van der Waals surface area contributed by atoms with E-state index in [4.69, 9.17) is 4.42 Å². The first-order valence-corrected chi connectivity index (χ1v) is 9.20. The van der Waals surface area contributed by atoms with E-state index >= 15 is 0 Å². The van der Waals surface area contributed by atoms with Crippen LogP contribution in [-0.4, -0.2) is 28.5 Å². The molecule has 0 bridgehead atoms. The summed E-state index contributed by atoms with van der Waals surface area (Å²) in [5.41, 5.74) is 1.06. The number of aliphatic hydroxyl groups excluding tert-OH is 1. The van der Waals surface area contributed by atoms with Crippen LogP contribution >= 0.6 is 0 Å². The van der Waals surface area contributed by atoms with Gasteiger partial charge in [0.25, 0.3) is 0 Å². The predicted octanol–water partition coefficient (Wildman–Crippen LogP) is 4.09. The SMILES string of the molecule is O=C(Cc1cccc2ccccc12)N1CCCC1CC(O)c1ccco1. The summed E-state index contributed by atoms with van der Waals surface area (Å²) in [7, 11) is 0. The number of aliphatic hydroxyl groups is 1. The maximum absolute atomic E-state index is 13.0. The molecule has 1 saturated heterocycles. The van der Waals surface area contributed by atoms with Gasteiger partial charge >= 0.3 is 0 Å². The number of carbonyl (C=O) groups excluding carboxylic acids is 1. The molecule has 1 aromatic heterocycles. The van der Waals surface area contributed by atoms with Crippen molar-refractivity contribution in [3.8, 4) is 0 Å². The first-order chi connectivity index (χ1) is 12.7. The molecule has 0 saturated carbocycles. The van der Waals surface area contributed by atoms with Gasteiger partial charge in [-0.05, 0) is 41.3 Å². The molecule has 2 atom stereocenters. The number of rotatable bonds is 5. The molecule has 1 amide bonds. The largest absolute Gasteiger partial charge is 0.467 e. The average molecular weight is 349 g/mol. The highest BCUT2D eigenvalue weighted by molar-refractivity contribution is 5.90. The van der Waals surface area contributed by atoms with Crippen LogP contribution in [0.1, 0.15) is 36.7 Å². The van der Waals surface area contributed by atoms with E-state index in [0.29, 0.717) is 18.6 Å². The summed E-state index contributed by atoms with van der Waals surface area (Å²) < 4.78 is 5.29. The van der Waals surface area contributed by atoms with Crippen molar-refractivity contribution in [3.63, 3.8) is 0 Å². The third kappa shape index (κ3) is 3.37. The van der Waals surface area contributed by atoms with Gasteiger partial charge in [0, 0.05) is 19.0 Å². The number of furan rings is 1. The average Bonchev–Trinajstić information content (AvgIpc) is 3.34. The molecule has 2 heterocycles. The molecule has 0 radical (unpaired) electrons. The van der Waals surface area contributed by atoms with Crippen LogP contribution < -0.4 is 0 Å². The maximum atomic E-state index is 13.0. The Bertz CT molecular complexity index is 882. The number of amides is 1. The van der Waals surface area contributed by atoms with Crippen molar-refractivity contribution in [3.05, 3.63) is 72.2 Å². The van der Waals surface area contributed by atoms with E-state index in [1.165, 1.54) is 0 Å². The molecule has 1 fully saturated rings. The molecule has 1 N–H and O–H groups in total. The Morgan fingerprint density at radius 3 is 2.85 bits per heavy atom. The van der Waals surface area contributed by atoms with Crippen molar-refractivity contribution in [1.29, 1.82) is 0 Å². The van der Waals surface area contributed by atoms with Gasteiger partial charge in [0.15, 0.2) is 0 Å². The summed E-state index contributed by atoms with van der Waals surface area (Å²) in [6, 6.07) is 17.9. The highest BCUT2D eigenvalue weighted by atomic mass is 16.4. The molecule has 4 nitrogen and oxygen atoms in total. The number of nitrogens with zero attached hydrogens (tertiary/aromatic N) is 1. The van der Waals surface area contributed by atoms with Gasteiger partial charge in [-0.15, -0.1) is 0 Å². The topological polar surface area (TPSA) is 53.7 Å². The van der Waals surface area contributed by atoms with Crippen molar-refractivity contribution in [2.75, 3.05) is 6.54 Å². The second-order valence-corrected chi connectivity index (χ2v) is 6.97. The zero-order chi connectivity index (χ0) is 17.9. The van der Waals surface area contributed by atoms with E-state index in [9.17, 15) is 9.90 Å². The van der Waals surface area contributed by atoms with Gasteiger partial charge < -0.3 is 14.4 Å². The van der Waals surface area contributed by atoms with E-state index in [2.05, 4.69) is 18.2 Å². The van der Waals surface area contributed by atoms with E-state index in [1.54, 1.807) is 18.4 Å². The van der Waals surface area contributed by atoms with Gasteiger partial charge in [0.2, 0.25) is 5.91 Å². The monoisotopic (exact) mass is 349 g/mol. The molecular formula is C22H23NO3. The van der Waals surface area contributed by atoms with Crippen molar-refractivity contribution in [2.24, 2.45) is 0 Å². The zero-order valence-electron chi connectivity index (χ0n) is 14.7. The lowest BCUT2D eigenvalue weighted by Crippen LogP contribution is -2.37. The summed E-state index contributed by atoms with van der Waals surface area (Å²) in [5, 5.41) is 12.7. The lowest BCUT2D eigenvalue weighted by atomic mass is 10.0. The second kappa shape index (κ2) is 7.34. The Morgan fingerprint density at radius 2 is 2.00 bits per heavy atom. The molecular weight excluding hydrogens is 326 g/mol. The van der Waals surface area contributed by atoms with Gasteiger partial charge in [0.1, 0.15) is 11.9 Å². The number of carbonyl (C=O) groups is 1. The Kier molecular flexibility index (Phi) is 4.76. The summed E-state index contributed by atoms with van der Waals surface area (Å²) in [5.74, 6) is 0.703.